The molecule has 0 saturated heterocycles. The molecule has 0 saturated carbocycles. The molecule has 0 amide bonds. The van der Waals surface area contributed by atoms with Crippen molar-refractivity contribution in [3.8, 4) is 10.7 Å². The lowest BCUT2D eigenvalue weighted by Crippen LogP contribution is -2.37. The van der Waals surface area contributed by atoms with Gasteiger partial charge in [-0.1, -0.05) is 19.9 Å². The molecule has 2 rings (SSSR count). The van der Waals surface area contributed by atoms with Gasteiger partial charge in [0.15, 0.2) is 0 Å². The van der Waals surface area contributed by atoms with Crippen LogP contribution in [0.25, 0.3) is 10.7 Å². The highest BCUT2D eigenvalue weighted by Crippen LogP contribution is 2.21. The van der Waals surface area contributed by atoms with E-state index in [9.17, 15) is 9.90 Å². The van der Waals surface area contributed by atoms with Gasteiger partial charge in [-0.15, -0.1) is 11.3 Å². The predicted octanol–water partition coefficient (Wildman–Crippen LogP) is 2.79. The molecule has 6 heteroatoms. The second-order valence-corrected chi connectivity index (χ2v) is 6.12. The molecule has 2 heterocycles. The van der Waals surface area contributed by atoms with Gasteiger partial charge in [-0.2, -0.15) is 0 Å². The first-order valence-corrected chi connectivity index (χ1v) is 7.76. The molecule has 2 N–H and O–H groups in total. The van der Waals surface area contributed by atoms with Gasteiger partial charge in [0.2, 0.25) is 0 Å². The number of carboxylic acids is 1. The van der Waals surface area contributed by atoms with Gasteiger partial charge >= 0.3 is 5.97 Å². The highest BCUT2D eigenvalue weighted by Gasteiger charge is 2.18. The fourth-order valence-electron chi connectivity index (χ4n) is 1.97. The van der Waals surface area contributed by atoms with E-state index >= 15 is 0 Å². The number of rotatable bonds is 7. The van der Waals surface area contributed by atoms with E-state index in [4.69, 9.17) is 0 Å². The van der Waals surface area contributed by atoms with E-state index < -0.39 is 12.0 Å². The Balaban J connectivity index is 1.98. The molecule has 21 heavy (non-hydrogen) atoms. The Morgan fingerprint density at radius 2 is 2.24 bits per heavy atom. The Labute approximate surface area is 128 Å². The highest BCUT2D eigenvalue weighted by molar-refractivity contribution is 7.13. The molecule has 112 valence electrons. The number of aliphatic carboxylic acids is 1. The van der Waals surface area contributed by atoms with Crippen molar-refractivity contribution >= 4 is 17.3 Å². The topological polar surface area (TPSA) is 75.1 Å². The van der Waals surface area contributed by atoms with Gasteiger partial charge in [0.05, 0.1) is 11.4 Å². The smallest absolute Gasteiger partial charge is 0.320 e. The average Bonchev–Trinajstić information content (AvgIpc) is 2.92. The number of nitrogens with zero attached hydrogens (tertiary/aromatic N) is 2. The van der Waals surface area contributed by atoms with Crippen LogP contribution in [0.1, 0.15) is 26.0 Å². The van der Waals surface area contributed by atoms with Crippen molar-refractivity contribution < 1.29 is 9.90 Å². The van der Waals surface area contributed by atoms with Crippen molar-refractivity contribution in [2.24, 2.45) is 5.92 Å². The maximum absolute atomic E-state index is 11.2. The first-order valence-electron chi connectivity index (χ1n) is 6.88. The van der Waals surface area contributed by atoms with E-state index in [0.717, 1.165) is 16.4 Å². The molecule has 0 spiro atoms. The van der Waals surface area contributed by atoms with Gasteiger partial charge in [-0.25, -0.2) is 4.98 Å². The van der Waals surface area contributed by atoms with Gasteiger partial charge < -0.3 is 5.11 Å². The van der Waals surface area contributed by atoms with Crippen LogP contribution in [-0.2, 0) is 11.3 Å². The second kappa shape index (κ2) is 7.28. The summed E-state index contributed by atoms with van der Waals surface area (Å²) in [5, 5.41) is 15.0. The van der Waals surface area contributed by atoms with Crippen LogP contribution in [0, 0.1) is 5.92 Å². The minimum Gasteiger partial charge on any atom is -0.480 e. The van der Waals surface area contributed by atoms with Crippen LogP contribution in [0.3, 0.4) is 0 Å². The number of aromatic nitrogens is 2. The summed E-state index contributed by atoms with van der Waals surface area (Å²) in [5.74, 6) is -0.484. The van der Waals surface area contributed by atoms with Crippen LogP contribution >= 0.6 is 11.3 Å². The summed E-state index contributed by atoms with van der Waals surface area (Å²) in [4.78, 5) is 19.9. The van der Waals surface area contributed by atoms with Crippen LogP contribution < -0.4 is 5.32 Å². The Morgan fingerprint density at radius 1 is 1.43 bits per heavy atom. The zero-order valence-corrected chi connectivity index (χ0v) is 12.9. The Kier molecular flexibility index (Phi) is 5.41. The SMILES string of the molecule is CC(C)CC(NCc1csc(-c2ccccn2)n1)C(=O)O. The third-order valence-corrected chi connectivity index (χ3v) is 3.88. The van der Waals surface area contributed by atoms with Gasteiger partial charge in [-0.05, 0) is 24.5 Å². The summed E-state index contributed by atoms with van der Waals surface area (Å²) in [6.45, 7) is 4.48. The number of carbonyl (C=O) groups is 1. The number of thiazole rings is 1. The molecule has 2 aromatic rings. The van der Waals surface area contributed by atoms with Crippen molar-refractivity contribution in [2.75, 3.05) is 0 Å². The Hall–Kier alpha value is -1.79. The van der Waals surface area contributed by atoms with E-state index in [2.05, 4.69) is 15.3 Å². The highest BCUT2D eigenvalue weighted by atomic mass is 32.1. The fraction of sp³-hybridized carbons (Fsp3) is 0.400. The van der Waals surface area contributed by atoms with E-state index in [1.807, 2.05) is 37.4 Å². The van der Waals surface area contributed by atoms with E-state index in [0.29, 0.717) is 18.9 Å². The Bertz CT molecular complexity index is 584. The summed E-state index contributed by atoms with van der Waals surface area (Å²) in [6, 6.07) is 5.16. The zero-order valence-electron chi connectivity index (χ0n) is 12.1. The van der Waals surface area contributed by atoms with Gasteiger partial charge in [0.1, 0.15) is 11.0 Å². The molecule has 0 aromatic carbocycles. The largest absolute Gasteiger partial charge is 0.480 e. The standard InChI is InChI=1S/C15H19N3O2S/c1-10(2)7-13(15(19)20)17-8-11-9-21-14(18-11)12-5-3-4-6-16-12/h3-6,9-10,13,17H,7-8H2,1-2H3,(H,19,20). The normalized spacial score (nSPS) is 12.5. The Morgan fingerprint density at radius 3 is 2.86 bits per heavy atom. The third-order valence-electron chi connectivity index (χ3n) is 2.97. The van der Waals surface area contributed by atoms with Crippen molar-refractivity contribution in [1.29, 1.82) is 0 Å². The molecule has 1 unspecified atom stereocenters. The van der Waals surface area contributed by atoms with Gasteiger partial charge in [-0.3, -0.25) is 15.1 Å². The summed E-state index contributed by atoms with van der Waals surface area (Å²) >= 11 is 1.52. The number of carboxylic acid groups (broad SMARTS) is 1. The number of hydrogen-bond donors (Lipinski definition) is 2. The van der Waals surface area contributed by atoms with Crippen molar-refractivity contribution in [3.63, 3.8) is 0 Å². The molecule has 0 aliphatic rings. The molecule has 0 aliphatic carbocycles. The molecule has 5 nitrogen and oxygen atoms in total. The van der Waals surface area contributed by atoms with Crippen molar-refractivity contribution in [2.45, 2.75) is 32.9 Å². The number of pyridine rings is 1. The lowest BCUT2D eigenvalue weighted by molar-refractivity contribution is -0.140. The third kappa shape index (κ3) is 4.61. The molecule has 2 aromatic heterocycles. The van der Waals surface area contributed by atoms with Gasteiger partial charge in [0.25, 0.3) is 0 Å². The molecule has 0 bridgehead atoms. The molecule has 0 radical (unpaired) electrons. The predicted molar refractivity (Wildman–Crippen MR) is 83.1 cm³/mol. The lowest BCUT2D eigenvalue weighted by Gasteiger charge is -2.15. The summed E-state index contributed by atoms with van der Waals surface area (Å²) in [5.41, 5.74) is 1.68. The van der Waals surface area contributed by atoms with Gasteiger partial charge in [0, 0.05) is 18.1 Å². The molecular weight excluding hydrogens is 286 g/mol. The monoisotopic (exact) mass is 305 g/mol. The van der Waals surface area contributed by atoms with Crippen molar-refractivity contribution in [1.82, 2.24) is 15.3 Å². The molecular formula is C15H19N3O2S. The second-order valence-electron chi connectivity index (χ2n) is 5.26. The van der Waals surface area contributed by atoms with Crippen molar-refractivity contribution in [3.05, 3.63) is 35.5 Å². The fourth-order valence-corrected chi connectivity index (χ4v) is 2.76. The molecule has 0 fully saturated rings. The first kappa shape index (κ1) is 15.6. The molecule has 0 aliphatic heterocycles. The van der Waals surface area contributed by atoms with E-state index in [-0.39, 0.29) is 0 Å². The molecule has 1 atom stereocenters. The van der Waals surface area contributed by atoms with Crippen LogP contribution in [-0.4, -0.2) is 27.1 Å². The minimum atomic E-state index is -0.816. The van der Waals surface area contributed by atoms with E-state index in [1.54, 1.807) is 6.20 Å². The minimum absolute atomic E-state index is 0.332. The van der Waals surface area contributed by atoms with Crippen LogP contribution in [0.4, 0.5) is 0 Å². The average molecular weight is 305 g/mol. The van der Waals surface area contributed by atoms with Crippen LogP contribution in [0.15, 0.2) is 29.8 Å². The summed E-state index contributed by atoms with van der Waals surface area (Å²) in [6.07, 6.45) is 2.34. The van der Waals surface area contributed by atoms with Crippen LogP contribution in [0.5, 0.6) is 0 Å². The summed E-state index contributed by atoms with van der Waals surface area (Å²) in [7, 11) is 0. The number of nitrogens with one attached hydrogen (secondary N) is 1. The number of hydrogen-bond acceptors (Lipinski definition) is 5. The summed E-state index contributed by atoms with van der Waals surface area (Å²) < 4.78 is 0. The quantitative estimate of drug-likeness (QED) is 0.822. The first-order chi connectivity index (χ1) is 10.1. The van der Waals surface area contributed by atoms with Crippen LogP contribution in [0.2, 0.25) is 0 Å². The zero-order chi connectivity index (χ0) is 15.2. The lowest BCUT2D eigenvalue weighted by atomic mass is 10.0. The maximum Gasteiger partial charge on any atom is 0.320 e. The maximum atomic E-state index is 11.2. The van der Waals surface area contributed by atoms with E-state index in [1.165, 1.54) is 11.3 Å².